The van der Waals surface area contributed by atoms with E-state index in [9.17, 15) is 0 Å². The van der Waals surface area contributed by atoms with Crippen LogP contribution in [0.2, 0.25) is 0 Å². The predicted octanol–water partition coefficient (Wildman–Crippen LogP) is 3.33. The summed E-state index contributed by atoms with van der Waals surface area (Å²) < 4.78 is 0. The highest BCUT2D eigenvalue weighted by molar-refractivity contribution is 4.79. The molecule has 3 unspecified atom stereocenters. The Balaban J connectivity index is 2.43. The average molecular weight is 183 g/mol. The molecule has 2 N–H and O–H groups in total. The maximum absolute atomic E-state index is 6.21. The van der Waals surface area contributed by atoms with E-state index in [1.807, 2.05) is 0 Å². The van der Waals surface area contributed by atoms with E-state index in [1.165, 1.54) is 44.9 Å². The smallest absolute Gasteiger partial charge is 0.00697 e. The first-order valence-electron chi connectivity index (χ1n) is 6.01. The van der Waals surface area contributed by atoms with Crippen LogP contribution in [-0.2, 0) is 0 Å². The van der Waals surface area contributed by atoms with Gasteiger partial charge in [0.2, 0.25) is 0 Å². The Hall–Kier alpha value is -0.0400. The molecule has 1 fully saturated rings. The zero-order valence-electron chi connectivity index (χ0n) is 9.26. The van der Waals surface area contributed by atoms with Crippen LogP contribution in [-0.4, -0.2) is 6.04 Å². The molecule has 0 aliphatic heterocycles. The Morgan fingerprint density at radius 2 is 1.92 bits per heavy atom. The van der Waals surface area contributed by atoms with Gasteiger partial charge in [-0.05, 0) is 24.7 Å². The topological polar surface area (TPSA) is 26.0 Å². The molecular weight excluding hydrogens is 158 g/mol. The van der Waals surface area contributed by atoms with Crippen LogP contribution in [0.25, 0.3) is 0 Å². The van der Waals surface area contributed by atoms with Crippen LogP contribution in [0, 0.1) is 11.8 Å². The highest BCUT2D eigenvalue weighted by Crippen LogP contribution is 2.30. The fraction of sp³-hybridized carbons (Fsp3) is 1.00. The molecule has 0 spiro atoms. The molecule has 0 aromatic rings. The summed E-state index contributed by atoms with van der Waals surface area (Å²) >= 11 is 0. The van der Waals surface area contributed by atoms with Gasteiger partial charge in [0.1, 0.15) is 0 Å². The molecule has 1 heteroatoms. The Bertz CT molecular complexity index is 133. The highest BCUT2D eigenvalue weighted by Gasteiger charge is 2.24. The van der Waals surface area contributed by atoms with Crippen LogP contribution >= 0.6 is 0 Å². The molecule has 0 radical (unpaired) electrons. The molecule has 1 saturated carbocycles. The molecule has 1 nitrogen and oxygen atoms in total. The summed E-state index contributed by atoms with van der Waals surface area (Å²) in [5.41, 5.74) is 6.21. The summed E-state index contributed by atoms with van der Waals surface area (Å²) in [7, 11) is 0. The molecule has 3 atom stereocenters. The lowest BCUT2D eigenvalue weighted by atomic mass is 9.82. The molecule has 1 aliphatic carbocycles. The normalized spacial score (nSPS) is 32.5. The van der Waals surface area contributed by atoms with Gasteiger partial charge in [-0.2, -0.15) is 0 Å². The number of hydrogen-bond donors (Lipinski definition) is 1. The van der Waals surface area contributed by atoms with E-state index in [-0.39, 0.29) is 0 Å². The zero-order chi connectivity index (χ0) is 9.68. The van der Waals surface area contributed by atoms with Gasteiger partial charge in [-0.1, -0.05) is 46.0 Å². The van der Waals surface area contributed by atoms with Crippen LogP contribution < -0.4 is 5.73 Å². The van der Waals surface area contributed by atoms with Gasteiger partial charge in [-0.15, -0.1) is 0 Å². The van der Waals surface area contributed by atoms with Crippen molar-refractivity contribution >= 4 is 0 Å². The van der Waals surface area contributed by atoms with Crippen molar-refractivity contribution in [1.29, 1.82) is 0 Å². The average Bonchev–Trinajstić information content (AvgIpc) is 2.30. The minimum Gasteiger partial charge on any atom is -0.327 e. The molecule has 0 saturated heterocycles. The first-order chi connectivity index (χ1) is 6.25. The molecule has 0 bridgehead atoms. The molecule has 13 heavy (non-hydrogen) atoms. The van der Waals surface area contributed by atoms with E-state index in [1.54, 1.807) is 0 Å². The van der Waals surface area contributed by atoms with Crippen LogP contribution in [0.4, 0.5) is 0 Å². The SMILES string of the molecule is CCCC(C)C1CCCCCC1N. The minimum absolute atomic E-state index is 0.490. The molecule has 1 rings (SSSR count). The van der Waals surface area contributed by atoms with Crippen molar-refractivity contribution in [2.75, 3.05) is 0 Å². The fourth-order valence-corrected chi connectivity index (χ4v) is 2.74. The third-order valence-electron chi connectivity index (χ3n) is 3.60. The molecule has 0 heterocycles. The Labute approximate surface area is 83.1 Å². The second kappa shape index (κ2) is 5.64. The molecule has 0 amide bonds. The first kappa shape index (κ1) is 11.0. The zero-order valence-corrected chi connectivity index (χ0v) is 9.26. The number of nitrogens with two attached hydrogens (primary N) is 1. The van der Waals surface area contributed by atoms with E-state index in [4.69, 9.17) is 5.73 Å². The quantitative estimate of drug-likeness (QED) is 0.667. The van der Waals surface area contributed by atoms with E-state index in [2.05, 4.69) is 13.8 Å². The van der Waals surface area contributed by atoms with Gasteiger partial charge in [-0.25, -0.2) is 0 Å². The Morgan fingerprint density at radius 3 is 2.62 bits per heavy atom. The standard InChI is InChI=1S/C12H25N/c1-3-7-10(2)11-8-5-4-6-9-12(11)13/h10-12H,3-9,13H2,1-2H3. The lowest BCUT2D eigenvalue weighted by molar-refractivity contribution is 0.268. The minimum atomic E-state index is 0.490. The fourth-order valence-electron chi connectivity index (χ4n) is 2.74. The maximum Gasteiger partial charge on any atom is 0.00697 e. The third kappa shape index (κ3) is 3.30. The third-order valence-corrected chi connectivity index (χ3v) is 3.60. The lowest BCUT2D eigenvalue weighted by Crippen LogP contribution is -2.33. The van der Waals surface area contributed by atoms with E-state index in [0.717, 1.165) is 11.8 Å². The van der Waals surface area contributed by atoms with Crippen molar-refractivity contribution in [3.8, 4) is 0 Å². The Kier molecular flexibility index (Phi) is 4.79. The van der Waals surface area contributed by atoms with Gasteiger partial charge in [0.05, 0.1) is 0 Å². The van der Waals surface area contributed by atoms with Gasteiger partial charge >= 0.3 is 0 Å². The monoisotopic (exact) mass is 183 g/mol. The van der Waals surface area contributed by atoms with Crippen LogP contribution in [0.3, 0.4) is 0 Å². The van der Waals surface area contributed by atoms with Gasteiger partial charge in [0.15, 0.2) is 0 Å². The number of hydrogen-bond acceptors (Lipinski definition) is 1. The van der Waals surface area contributed by atoms with Crippen LogP contribution in [0.5, 0.6) is 0 Å². The summed E-state index contributed by atoms with van der Waals surface area (Å²) in [6.45, 7) is 4.66. The molecule has 1 aliphatic rings. The van der Waals surface area contributed by atoms with E-state index >= 15 is 0 Å². The highest BCUT2D eigenvalue weighted by atomic mass is 14.7. The molecule has 0 aromatic carbocycles. The summed E-state index contributed by atoms with van der Waals surface area (Å²) in [5.74, 6) is 1.65. The van der Waals surface area contributed by atoms with Crippen LogP contribution in [0.1, 0.15) is 58.8 Å². The summed E-state index contributed by atoms with van der Waals surface area (Å²) in [6.07, 6.45) is 9.48. The lowest BCUT2D eigenvalue weighted by Gasteiger charge is -2.27. The molecule has 0 aromatic heterocycles. The van der Waals surface area contributed by atoms with Gasteiger partial charge in [-0.3, -0.25) is 0 Å². The van der Waals surface area contributed by atoms with Crippen molar-refractivity contribution in [3.63, 3.8) is 0 Å². The summed E-state index contributed by atoms with van der Waals surface area (Å²) in [6, 6.07) is 0.490. The van der Waals surface area contributed by atoms with Crippen molar-refractivity contribution in [2.45, 2.75) is 64.8 Å². The second-order valence-corrected chi connectivity index (χ2v) is 4.73. The van der Waals surface area contributed by atoms with Crippen molar-refractivity contribution < 1.29 is 0 Å². The van der Waals surface area contributed by atoms with Crippen molar-refractivity contribution in [1.82, 2.24) is 0 Å². The largest absolute Gasteiger partial charge is 0.327 e. The van der Waals surface area contributed by atoms with Crippen LogP contribution in [0.15, 0.2) is 0 Å². The van der Waals surface area contributed by atoms with E-state index < -0.39 is 0 Å². The maximum atomic E-state index is 6.21. The van der Waals surface area contributed by atoms with Gasteiger partial charge in [0.25, 0.3) is 0 Å². The Morgan fingerprint density at radius 1 is 1.23 bits per heavy atom. The first-order valence-corrected chi connectivity index (χ1v) is 6.01. The van der Waals surface area contributed by atoms with Gasteiger partial charge < -0.3 is 5.73 Å². The van der Waals surface area contributed by atoms with Gasteiger partial charge in [0, 0.05) is 6.04 Å². The number of rotatable bonds is 3. The van der Waals surface area contributed by atoms with E-state index in [0.29, 0.717) is 6.04 Å². The summed E-state index contributed by atoms with van der Waals surface area (Å²) in [4.78, 5) is 0. The molecule has 78 valence electrons. The predicted molar refractivity (Wildman–Crippen MR) is 58.6 cm³/mol. The molecular formula is C12H25N. The van der Waals surface area contributed by atoms with Crippen molar-refractivity contribution in [2.24, 2.45) is 17.6 Å². The summed E-state index contributed by atoms with van der Waals surface area (Å²) in [5, 5.41) is 0. The second-order valence-electron chi connectivity index (χ2n) is 4.73. The van der Waals surface area contributed by atoms with Crippen molar-refractivity contribution in [3.05, 3.63) is 0 Å².